The highest BCUT2D eigenvalue weighted by Gasteiger charge is 2.22. The van der Waals surface area contributed by atoms with Gasteiger partial charge in [-0.3, -0.25) is 0 Å². The summed E-state index contributed by atoms with van der Waals surface area (Å²) < 4.78 is 11.1. The fraction of sp³-hybridized carbons (Fsp3) is 0.0476. The van der Waals surface area contributed by atoms with E-state index in [1.165, 1.54) is 0 Å². The summed E-state index contributed by atoms with van der Waals surface area (Å²) in [5, 5.41) is 44.0. The Labute approximate surface area is 280 Å². The highest BCUT2D eigenvalue weighted by atomic mass is 16.3. The van der Waals surface area contributed by atoms with Crippen LogP contribution in [0.1, 0.15) is 36.1 Å². The van der Waals surface area contributed by atoms with Crippen molar-refractivity contribution in [3.8, 4) is 35.7 Å². The van der Waals surface area contributed by atoms with Gasteiger partial charge in [-0.2, -0.15) is 21.0 Å². The molecule has 0 unspecified atom stereocenters. The first-order valence-electron chi connectivity index (χ1n) is 15.8. The Hall–Kier alpha value is -7.32. The van der Waals surface area contributed by atoms with Crippen LogP contribution in [0.4, 0.5) is 0 Å². The Morgan fingerprint density at radius 1 is 0.408 bits per heavy atom. The number of furan rings is 1. The van der Waals surface area contributed by atoms with Crippen LogP contribution in [0.3, 0.4) is 0 Å². The molecule has 3 heterocycles. The summed E-state index contributed by atoms with van der Waals surface area (Å²) in [4.78, 5) is 0. The molecular formula is C42H24N6O. The monoisotopic (exact) mass is 628 g/mol. The minimum atomic E-state index is 0.542. The summed E-state index contributed by atoms with van der Waals surface area (Å²) in [7, 11) is 0. The van der Waals surface area contributed by atoms with Gasteiger partial charge in [0.15, 0.2) is 11.2 Å². The van der Waals surface area contributed by atoms with E-state index < -0.39 is 0 Å². The molecule has 7 heteroatoms. The molecule has 0 amide bonds. The predicted octanol–water partition coefficient (Wildman–Crippen LogP) is 10.3. The number of hydrogen-bond donors (Lipinski definition) is 0. The second-order valence-corrected chi connectivity index (χ2v) is 11.5. The van der Waals surface area contributed by atoms with Gasteiger partial charge in [0.05, 0.1) is 80.0 Å². The van der Waals surface area contributed by atoms with Crippen molar-refractivity contribution in [1.82, 2.24) is 9.13 Å². The van der Waals surface area contributed by atoms with E-state index >= 15 is 0 Å². The fourth-order valence-electron chi connectivity index (χ4n) is 6.99. The minimum absolute atomic E-state index is 0.542. The molecule has 9 aromatic rings. The molecule has 0 bridgehead atoms. The Bertz CT molecular complexity index is 2670. The number of hydrogen-bond acceptors (Lipinski definition) is 5. The van der Waals surface area contributed by atoms with E-state index in [1.807, 2.05) is 98.8 Å². The van der Waals surface area contributed by atoms with Crippen LogP contribution in [0.15, 0.2) is 114 Å². The quantitative estimate of drug-likeness (QED) is 0.189. The third kappa shape index (κ3) is 4.18. The summed E-state index contributed by atoms with van der Waals surface area (Å²) in [6.07, 6.45) is 0. The van der Waals surface area contributed by atoms with E-state index in [4.69, 9.17) is 4.42 Å². The molecule has 0 N–H and O–H groups in total. The lowest BCUT2D eigenvalue weighted by Crippen LogP contribution is -1.94. The van der Waals surface area contributed by atoms with Gasteiger partial charge in [-0.25, -0.2) is 0 Å². The van der Waals surface area contributed by atoms with Crippen LogP contribution < -0.4 is 0 Å². The average molecular weight is 629 g/mol. The van der Waals surface area contributed by atoms with Gasteiger partial charge in [-0.15, -0.1) is 0 Å². The number of benzene rings is 6. The molecule has 0 saturated carbocycles. The SMILES string of the molecule is CC.N#Cc1ccc2c(c1)c1cc(C#N)ccc1n2-c1cccc2c1oc1c(-n3c4ccc(C#N)cc4c4cc(C#N)ccc43)cccc12. The number of aromatic nitrogens is 2. The van der Waals surface area contributed by atoms with Gasteiger partial charge >= 0.3 is 0 Å². The molecule has 0 spiro atoms. The second kappa shape index (κ2) is 11.2. The zero-order chi connectivity index (χ0) is 33.8. The van der Waals surface area contributed by atoms with E-state index in [-0.39, 0.29) is 0 Å². The van der Waals surface area contributed by atoms with Crippen molar-refractivity contribution in [3.63, 3.8) is 0 Å². The van der Waals surface area contributed by atoms with Crippen LogP contribution >= 0.6 is 0 Å². The minimum Gasteiger partial charge on any atom is -0.452 e. The van der Waals surface area contributed by atoms with Crippen molar-refractivity contribution in [2.24, 2.45) is 0 Å². The molecule has 228 valence electrons. The number of para-hydroxylation sites is 2. The Morgan fingerprint density at radius 2 is 0.714 bits per heavy atom. The van der Waals surface area contributed by atoms with E-state index in [9.17, 15) is 21.0 Å². The van der Waals surface area contributed by atoms with Crippen LogP contribution in [0.25, 0.3) is 76.9 Å². The molecule has 0 aliphatic carbocycles. The van der Waals surface area contributed by atoms with E-state index in [0.717, 1.165) is 65.8 Å². The average Bonchev–Trinajstić information content (AvgIpc) is 3.82. The molecule has 7 nitrogen and oxygen atoms in total. The zero-order valence-electron chi connectivity index (χ0n) is 26.5. The lowest BCUT2D eigenvalue weighted by atomic mass is 10.1. The van der Waals surface area contributed by atoms with E-state index in [2.05, 4.69) is 33.4 Å². The van der Waals surface area contributed by atoms with Crippen molar-refractivity contribution in [2.45, 2.75) is 13.8 Å². The summed E-state index contributed by atoms with van der Waals surface area (Å²) in [6, 6.07) is 43.6. The largest absolute Gasteiger partial charge is 0.452 e. The van der Waals surface area contributed by atoms with Crippen molar-refractivity contribution in [1.29, 1.82) is 21.0 Å². The molecule has 6 aromatic carbocycles. The maximum Gasteiger partial charge on any atom is 0.159 e. The lowest BCUT2D eigenvalue weighted by molar-refractivity contribution is 0.664. The summed E-state index contributed by atoms with van der Waals surface area (Å²) in [6.45, 7) is 4.00. The molecular weight excluding hydrogens is 605 g/mol. The van der Waals surface area contributed by atoms with Gasteiger partial charge < -0.3 is 13.6 Å². The van der Waals surface area contributed by atoms with Gasteiger partial charge in [0.25, 0.3) is 0 Å². The van der Waals surface area contributed by atoms with Crippen molar-refractivity contribution >= 4 is 65.6 Å². The molecule has 0 aliphatic rings. The number of fused-ring (bicyclic) bond motifs is 9. The lowest BCUT2D eigenvalue weighted by Gasteiger charge is -2.09. The van der Waals surface area contributed by atoms with Crippen molar-refractivity contribution < 1.29 is 4.42 Å². The first-order valence-corrected chi connectivity index (χ1v) is 15.8. The Morgan fingerprint density at radius 3 is 1.00 bits per heavy atom. The molecule has 0 saturated heterocycles. The first-order chi connectivity index (χ1) is 24.1. The van der Waals surface area contributed by atoms with Gasteiger partial charge in [0.2, 0.25) is 0 Å². The molecule has 0 aliphatic heterocycles. The smallest absolute Gasteiger partial charge is 0.159 e. The number of nitriles is 4. The van der Waals surface area contributed by atoms with E-state index in [0.29, 0.717) is 33.4 Å². The highest BCUT2D eigenvalue weighted by Crippen LogP contribution is 2.42. The van der Waals surface area contributed by atoms with Crippen LogP contribution in [-0.4, -0.2) is 9.13 Å². The highest BCUT2D eigenvalue weighted by molar-refractivity contribution is 6.15. The third-order valence-corrected chi connectivity index (χ3v) is 9.01. The Kier molecular flexibility index (Phi) is 6.64. The fourth-order valence-corrected chi connectivity index (χ4v) is 6.99. The van der Waals surface area contributed by atoms with Crippen LogP contribution in [0, 0.1) is 45.3 Å². The van der Waals surface area contributed by atoms with E-state index in [1.54, 1.807) is 24.3 Å². The summed E-state index contributed by atoms with van der Waals surface area (Å²) in [5.74, 6) is 0. The third-order valence-electron chi connectivity index (χ3n) is 9.01. The van der Waals surface area contributed by atoms with Crippen LogP contribution in [-0.2, 0) is 0 Å². The van der Waals surface area contributed by atoms with Crippen LogP contribution in [0.2, 0.25) is 0 Å². The number of nitrogens with zero attached hydrogens (tertiary/aromatic N) is 6. The molecule has 0 fully saturated rings. The van der Waals surface area contributed by atoms with Gasteiger partial charge in [0, 0.05) is 32.3 Å². The molecule has 9 rings (SSSR count). The first kappa shape index (κ1) is 29.1. The normalized spacial score (nSPS) is 11.0. The maximum absolute atomic E-state index is 9.65. The standard InChI is InChI=1S/C40H18N6O.C2H6/c41-19-23-7-11-33-29(15-23)30-16-24(20-42)8-12-34(30)45(33)37-5-1-3-27-28-4-2-6-38(40(28)47-39(27)37)46-35-13-9-25(21-43)17-31(35)32-18-26(22-44)10-14-36(32)46;1-2/h1-18H;1-2H3. The topological polar surface area (TPSA) is 118 Å². The molecule has 49 heavy (non-hydrogen) atoms. The molecule has 3 aromatic heterocycles. The molecule has 0 atom stereocenters. The van der Waals surface area contributed by atoms with Crippen molar-refractivity contribution in [3.05, 3.63) is 131 Å². The van der Waals surface area contributed by atoms with Gasteiger partial charge in [-0.1, -0.05) is 38.1 Å². The second-order valence-electron chi connectivity index (χ2n) is 11.5. The van der Waals surface area contributed by atoms with Gasteiger partial charge in [0.1, 0.15) is 0 Å². The maximum atomic E-state index is 9.65. The summed E-state index contributed by atoms with van der Waals surface area (Å²) >= 11 is 0. The summed E-state index contributed by atoms with van der Waals surface area (Å²) in [5.41, 5.74) is 8.80. The number of rotatable bonds is 2. The zero-order valence-corrected chi connectivity index (χ0v) is 26.5. The van der Waals surface area contributed by atoms with Crippen LogP contribution in [0.5, 0.6) is 0 Å². The van der Waals surface area contributed by atoms with Gasteiger partial charge in [-0.05, 0) is 84.9 Å². The predicted molar refractivity (Wildman–Crippen MR) is 193 cm³/mol. The Balaban J connectivity index is 0.00000171. The molecule has 0 radical (unpaired) electrons. The van der Waals surface area contributed by atoms with Crippen molar-refractivity contribution in [2.75, 3.05) is 0 Å².